The maximum Gasteiger partial charge on any atom is 0.230 e. The van der Waals surface area contributed by atoms with Gasteiger partial charge in [-0.3, -0.25) is 4.79 Å². The number of nitrogens with zero attached hydrogens (tertiary/aromatic N) is 1. The average molecular weight is 252 g/mol. The molecule has 0 radical (unpaired) electrons. The van der Waals surface area contributed by atoms with E-state index in [1.54, 1.807) is 0 Å². The zero-order chi connectivity index (χ0) is 13.3. The summed E-state index contributed by atoms with van der Waals surface area (Å²) in [7, 11) is 0. The van der Waals surface area contributed by atoms with Crippen molar-refractivity contribution >= 4 is 5.91 Å². The second-order valence-electron chi connectivity index (χ2n) is 6.71. The fourth-order valence-corrected chi connectivity index (χ4v) is 3.84. The number of hydrogen-bond donors (Lipinski definition) is 1. The van der Waals surface area contributed by atoms with Crippen LogP contribution in [0.3, 0.4) is 0 Å². The number of hydrogen-bond acceptors (Lipinski definition) is 2. The van der Waals surface area contributed by atoms with E-state index >= 15 is 0 Å². The molecule has 0 bridgehead atoms. The summed E-state index contributed by atoms with van der Waals surface area (Å²) in [6.45, 7) is 8.17. The number of likely N-dealkylation sites (tertiary alicyclic amines) is 1. The third kappa shape index (κ3) is 2.29. The molecule has 0 spiro atoms. The van der Waals surface area contributed by atoms with Gasteiger partial charge in [0, 0.05) is 19.1 Å². The van der Waals surface area contributed by atoms with Crippen LogP contribution in [0.4, 0.5) is 0 Å². The van der Waals surface area contributed by atoms with Crippen LogP contribution in [0.2, 0.25) is 0 Å². The summed E-state index contributed by atoms with van der Waals surface area (Å²) >= 11 is 0. The number of amides is 1. The monoisotopic (exact) mass is 252 g/mol. The molecule has 2 rings (SSSR count). The van der Waals surface area contributed by atoms with Crippen LogP contribution >= 0.6 is 0 Å². The topological polar surface area (TPSA) is 46.3 Å². The van der Waals surface area contributed by atoms with E-state index in [1.165, 1.54) is 6.42 Å². The van der Waals surface area contributed by atoms with Crippen LogP contribution < -0.4 is 5.73 Å². The molecule has 18 heavy (non-hydrogen) atoms. The Labute approximate surface area is 111 Å². The van der Waals surface area contributed by atoms with E-state index in [0.29, 0.717) is 30.3 Å². The Morgan fingerprint density at radius 2 is 1.89 bits per heavy atom. The van der Waals surface area contributed by atoms with Gasteiger partial charge in [-0.1, -0.05) is 26.7 Å². The van der Waals surface area contributed by atoms with Gasteiger partial charge in [0.2, 0.25) is 5.91 Å². The van der Waals surface area contributed by atoms with Crippen molar-refractivity contribution in [1.82, 2.24) is 4.90 Å². The highest BCUT2D eigenvalue weighted by Gasteiger charge is 2.45. The van der Waals surface area contributed by atoms with Crippen molar-refractivity contribution < 1.29 is 4.79 Å². The predicted molar refractivity (Wildman–Crippen MR) is 74.1 cm³/mol. The van der Waals surface area contributed by atoms with Crippen LogP contribution in [0, 0.1) is 17.3 Å². The summed E-state index contributed by atoms with van der Waals surface area (Å²) in [6.07, 6.45) is 5.55. The van der Waals surface area contributed by atoms with E-state index in [9.17, 15) is 4.79 Å². The molecule has 1 heterocycles. The normalized spacial score (nSPS) is 35.8. The largest absolute Gasteiger partial charge is 0.339 e. The highest BCUT2D eigenvalue weighted by Crippen LogP contribution is 2.41. The first kappa shape index (κ1) is 13.9. The summed E-state index contributed by atoms with van der Waals surface area (Å²) in [6, 6.07) is 0.373. The van der Waals surface area contributed by atoms with Gasteiger partial charge in [-0.05, 0) is 38.0 Å². The van der Waals surface area contributed by atoms with E-state index in [1.807, 2.05) is 0 Å². The summed E-state index contributed by atoms with van der Waals surface area (Å²) < 4.78 is 0. The van der Waals surface area contributed by atoms with Gasteiger partial charge in [-0.2, -0.15) is 0 Å². The molecule has 2 fully saturated rings. The molecule has 0 aromatic heterocycles. The molecular weight excluding hydrogens is 224 g/mol. The molecule has 3 nitrogen and oxygen atoms in total. The lowest BCUT2D eigenvalue weighted by atomic mass is 9.80. The first-order valence-electron chi connectivity index (χ1n) is 7.51. The minimum Gasteiger partial charge on any atom is -0.339 e. The second-order valence-corrected chi connectivity index (χ2v) is 6.71. The second kappa shape index (κ2) is 5.20. The van der Waals surface area contributed by atoms with Gasteiger partial charge in [-0.25, -0.2) is 0 Å². The Balaban J connectivity index is 2.16. The molecule has 104 valence electrons. The molecule has 3 heteroatoms. The van der Waals surface area contributed by atoms with Crippen LogP contribution in [0.5, 0.6) is 0 Å². The van der Waals surface area contributed by atoms with Gasteiger partial charge in [-0.15, -0.1) is 0 Å². The van der Waals surface area contributed by atoms with Crippen LogP contribution in [0.1, 0.15) is 52.9 Å². The summed E-state index contributed by atoms with van der Waals surface area (Å²) in [4.78, 5) is 15.0. The Hall–Kier alpha value is -0.570. The van der Waals surface area contributed by atoms with E-state index in [4.69, 9.17) is 5.73 Å². The molecule has 2 aliphatic rings. The fraction of sp³-hybridized carbons (Fsp3) is 0.933. The average Bonchev–Trinajstić information content (AvgIpc) is 2.82. The minimum absolute atomic E-state index is 0.231. The van der Waals surface area contributed by atoms with E-state index in [0.717, 1.165) is 32.2 Å². The fourth-order valence-electron chi connectivity index (χ4n) is 3.84. The van der Waals surface area contributed by atoms with Gasteiger partial charge in [0.25, 0.3) is 0 Å². The van der Waals surface area contributed by atoms with Crippen LogP contribution in [0.15, 0.2) is 0 Å². The Bertz CT molecular complexity index is 310. The standard InChI is InChI=1S/C15H28N2O/c1-11-8-12(2)13(3)17(9-11)14(18)15(10-16)6-4-5-7-15/h11-13H,4-10,16H2,1-3H3. The molecule has 0 aromatic rings. The minimum atomic E-state index is -0.231. The molecule has 1 aliphatic carbocycles. The molecule has 2 N–H and O–H groups in total. The molecular formula is C15H28N2O. The van der Waals surface area contributed by atoms with Crippen LogP contribution in [-0.2, 0) is 4.79 Å². The SMILES string of the molecule is CC1CC(C)C(C)N(C(=O)C2(CN)CCCC2)C1. The van der Waals surface area contributed by atoms with E-state index in [2.05, 4.69) is 25.7 Å². The van der Waals surface area contributed by atoms with Gasteiger partial charge < -0.3 is 10.6 Å². The van der Waals surface area contributed by atoms with Crippen LogP contribution in [0.25, 0.3) is 0 Å². The number of carbonyl (C=O) groups is 1. The van der Waals surface area contributed by atoms with Crippen molar-refractivity contribution in [2.45, 2.75) is 58.9 Å². The zero-order valence-electron chi connectivity index (χ0n) is 12.1. The lowest BCUT2D eigenvalue weighted by Crippen LogP contribution is -2.55. The lowest BCUT2D eigenvalue weighted by Gasteiger charge is -2.45. The predicted octanol–water partition coefficient (Wildman–Crippen LogP) is 2.40. The maximum atomic E-state index is 12.9. The summed E-state index contributed by atoms with van der Waals surface area (Å²) in [5.41, 5.74) is 5.71. The molecule has 0 aromatic carbocycles. The van der Waals surface area contributed by atoms with Crippen LogP contribution in [-0.4, -0.2) is 29.9 Å². The quantitative estimate of drug-likeness (QED) is 0.820. The lowest BCUT2D eigenvalue weighted by molar-refractivity contribution is -0.147. The summed E-state index contributed by atoms with van der Waals surface area (Å²) in [5, 5.41) is 0. The van der Waals surface area contributed by atoms with Crippen molar-refractivity contribution in [1.29, 1.82) is 0 Å². The number of piperidine rings is 1. The summed E-state index contributed by atoms with van der Waals surface area (Å²) in [5.74, 6) is 1.57. The van der Waals surface area contributed by atoms with Crippen molar-refractivity contribution in [3.8, 4) is 0 Å². The molecule has 1 aliphatic heterocycles. The molecule has 3 atom stereocenters. The third-order valence-electron chi connectivity index (χ3n) is 5.26. The number of nitrogens with two attached hydrogens (primary N) is 1. The molecule has 1 amide bonds. The van der Waals surface area contributed by atoms with Gasteiger partial charge >= 0.3 is 0 Å². The highest BCUT2D eigenvalue weighted by molar-refractivity contribution is 5.83. The smallest absolute Gasteiger partial charge is 0.230 e. The number of carbonyl (C=O) groups excluding carboxylic acids is 1. The van der Waals surface area contributed by atoms with Gasteiger partial charge in [0.05, 0.1) is 5.41 Å². The Morgan fingerprint density at radius 3 is 2.44 bits per heavy atom. The first-order valence-corrected chi connectivity index (χ1v) is 7.51. The van der Waals surface area contributed by atoms with Crippen molar-refractivity contribution in [3.05, 3.63) is 0 Å². The van der Waals surface area contributed by atoms with Crippen molar-refractivity contribution in [2.75, 3.05) is 13.1 Å². The Kier molecular flexibility index (Phi) is 4.00. The molecule has 1 saturated carbocycles. The Morgan fingerprint density at radius 1 is 1.28 bits per heavy atom. The first-order chi connectivity index (χ1) is 8.50. The third-order valence-corrected chi connectivity index (χ3v) is 5.26. The maximum absolute atomic E-state index is 12.9. The molecule has 3 unspecified atom stereocenters. The molecule has 1 saturated heterocycles. The van der Waals surface area contributed by atoms with Crippen molar-refractivity contribution in [3.63, 3.8) is 0 Å². The van der Waals surface area contributed by atoms with Crippen molar-refractivity contribution in [2.24, 2.45) is 23.0 Å². The number of rotatable bonds is 2. The van der Waals surface area contributed by atoms with Gasteiger partial charge in [0.1, 0.15) is 0 Å². The highest BCUT2D eigenvalue weighted by atomic mass is 16.2. The van der Waals surface area contributed by atoms with E-state index in [-0.39, 0.29) is 5.41 Å². The van der Waals surface area contributed by atoms with Gasteiger partial charge in [0.15, 0.2) is 0 Å². The van der Waals surface area contributed by atoms with E-state index < -0.39 is 0 Å². The zero-order valence-corrected chi connectivity index (χ0v) is 12.1.